The van der Waals surface area contributed by atoms with Gasteiger partial charge in [-0.2, -0.15) is 0 Å². The Morgan fingerprint density at radius 1 is 1.38 bits per heavy atom. The largest absolute Gasteiger partial charge is 0.355 e. The number of benzene rings is 1. The van der Waals surface area contributed by atoms with Gasteiger partial charge in [0, 0.05) is 31.6 Å². The minimum absolute atomic E-state index is 0.213. The molecule has 2 aromatic heterocycles. The molecule has 1 aromatic carbocycles. The Hall–Kier alpha value is -2.74. The van der Waals surface area contributed by atoms with Crippen molar-refractivity contribution in [2.24, 2.45) is 7.05 Å². The van der Waals surface area contributed by atoms with Crippen molar-refractivity contribution in [3.8, 4) is 11.3 Å². The molecule has 3 rings (SSSR count). The molecule has 0 bridgehead atoms. The van der Waals surface area contributed by atoms with Crippen molar-refractivity contribution in [3.05, 3.63) is 46.9 Å². The molecular formula is C15H15ClN6O2. The van der Waals surface area contributed by atoms with Crippen molar-refractivity contribution >= 4 is 17.5 Å². The molecule has 0 saturated heterocycles. The van der Waals surface area contributed by atoms with Crippen molar-refractivity contribution in [1.82, 2.24) is 30.7 Å². The van der Waals surface area contributed by atoms with Crippen LogP contribution in [0.1, 0.15) is 22.7 Å². The number of aryl methyl sites for hydroxylation is 2. The SMILES string of the molecule is Cn1nnnc1CCCNC(=O)c1cc(-c2ccccc2Cl)on1. The fourth-order valence-corrected chi connectivity index (χ4v) is 2.40. The summed E-state index contributed by atoms with van der Waals surface area (Å²) in [6, 6.07) is 8.79. The Morgan fingerprint density at radius 2 is 2.21 bits per heavy atom. The highest BCUT2D eigenvalue weighted by molar-refractivity contribution is 6.33. The lowest BCUT2D eigenvalue weighted by molar-refractivity contribution is 0.0944. The van der Waals surface area contributed by atoms with Gasteiger partial charge in [-0.15, -0.1) is 5.10 Å². The van der Waals surface area contributed by atoms with Crippen LogP contribution in [0, 0.1) is 0 Å². The van der Waals surface area contributed by atoms with Crippen LogP contribution in [0.2, 0.25) is 5.02 Å². The molecule has 0 saturated carbocycles. The quantitative estimate of drug-likeness (QED) is 0.684. The van der Waals surface area contributed by atoms with Gasteiger partial charge < -0.3 is 9.84 Å². The summed E-state index contributed by atoms with van der Waals surface area (Å²) < 4.78 is 6.81. The summed E-state index contributed by atoms with van der Waals surface area (Å²) in [5, 5.41) is 18.3. The Kier molecular flexibility index (Phi) is 4.85. The maximum absolute atomic E-state index is 12.1. The van der Waals surface area contributed by atoms with E-state index in [0.29, 0.717) is 29.3 Å². The lowest BCUT2D eigenvalue weighted by Crippen LogP contribution is -2.25. The molecule has 0 unspecified atom stereocenters. The Balaban J connectivity index is 1.54. The molecule has 1 N–H and O–H groups in total. The minimum atomic E-state index is -0.298. The van der Waals surface area contributed by atoms with Gasteiger partial charge in [0.05, 0.1) is 5.02 Å². The predicted molar refractivity (Wildman–Crippen MR) is 86.4 cm³/mol. The molecule has 8 nitrogen and oxygen atoms in total. The summed E-state index contributed by atoms with van der Waals surface area (Å²) >= 11 is 6.11. The highest BCUT2D eigenvalue weighted by Crippen LogP contribution is 2.27. The Morgan fingerprint density at radius 3 is 2.96 bits per heavy atom. The molecule has 0 spiro atoms. The first-order chi connectivity index (χ1) is 11.6. The fraction of sp³-hybridized carbons (Fsp3) is 0.267. The van der Waals surface area contributed by atoms with E-state index in [1.54, 1.807) is 29.9 Å². The summed E-state index contributed by atoms with van der Waals surface area (Å²) in [6.07, 6.45) is 1.39. The topological polar surface area (TPSA) is 98.7 Å². The van der Waals surface area contributed by atoms with Crippen LogP contribution < -0.4 is 5.32 Å². The number of nitrogens with one attached hydrogen (secondary N) is 1. The zero-order valence-corrected chi connectivity index (χ0v) is 13.7. The van der Waals surface area contributed by atoms with Crippen LogP contribution in [-0.2, 0) is 13.5 Å². The highest BCUT2D eigenvalue weighted by Gasteiger charge is 2.15. The van der Waals surface area contributed by atoms with E-state index < -0.39 is 0 Å². The second kappa shape index (κ2) is 7.22. The van der Waals surface area contributed by atoms with Gasteiger partial charge in [0.1, 0.15) is 0 Å². The molecule has 0 radical (unpaired) electrons. The van der Waals surface area contributed by atoms with Gasteiger partial charge in [-0.3, -0.25) is 4.79 Å². The Labute approximate surface area is 142 Å². The first kappa shape index (κ1) is 16.1. The molecule has 0 atom stereocenters. The average molecular weight is 347 g/mol. The first-order valence-electron chi connectivity index (χ1n) is 7.36. The lowest BCUT2D eigenvalue weighted by Gasteiger charge is -2.02. The molecule has 1 amide bonds. The van der Waals surface area contributed by atoms with Gasteiger partial charge in [-0.25, -0.2) is 4.68 Å². The fourth-order valence-electron chi connectivity index (χ4n) is 2.17. The summed E-state index contributed by atoms with van der Waals surface area (Å²) in [6.45, 7) is 0.486. The summed E-state index contributed by atoms with van der Waals surface area (Å²) in [4.78, 5) is 12.1. The van der Waals surface area contributed by atoms with Crippen molar-refractivity contribution in [3.63, 3.8) is 0 Å². The van der Waals surface area contributed by atoms with E-state index in [2.05, 4.69) is 26.0 Å². The number of hydrogen-bond donors (Lipinski definition) is 1. The number of tetrazole rings is 1. The van der Waals surface area contributed by atoms with E-state index in [9.17, 15) is 4.79 Å². The molecule has 0 aliphatic rings. The number of aromatic nitrogens is 5. The van der Waals surface area contributed by atoms with Gasteiger partial charge in [0.25, 0.3) is 5.91 Å². The molecule has 3 aromatic rings. The highest BCUT2D eigenvalue weighted by atomic mass is 35.5. The number of amides is 1. The summed E-state index contributed by atoms with van der Waals surface area (Å²) in [5.41, 5.74) is 0.908. The van der Waals surface area contributed by atoms with Gasteiger partial charge >= 0.3 is 0 Å². The van der Waals surface area contributed by atoms with Crippen molar-refractivity contribution in [1.29, 1.82) is 0 Å². The molecule has 2 heterocycles. The van der Waals surface area contributed by atoms with E-state index >= 15 is 0 Å². The van der Waals surface area contributed by atoms with Crippen LogP contribution in [0.25, 0.3) is 11.3 Å². The average Bonchev–Trinajstić information content (AvgIpc) is 3.21. The third-order valence-electron chi connectivity index (χ3n) is 3.45. The van der Waals surface area contributed by atoms with Crippen LogP contribution >= 0.6 is 11.6 Å². The number of carbonyl (C=O) groups is 1. The zero-order valence-electron chi connectivity index (χ0n) is 12.9. The van der Waals surface area contributed by atoms with Crippen LogP contribution in [0.5, 0.6) is 0 Å². The second-order valence-electron chi connectivity index (χ2n) is 5.13. The van der Waals surface area contributed by atoms with Crippen molar-refractivity contribution < 1.29 is 9.32 Å². The predicted octanol–water partition coefficient (Wildman–Crippen LogP) is 1.88. The van der Waals surface area contributed by atoms with E-state index in [-0.39, 0.29) is 11.6 Å². The number of halogens is 1. The molecule has 9 heteroatoms. The molecule has 0 aliphatic heterocycles. The van der Waals surface area contributed by atoms with Crippen LogP contribution in [0.4, 0.5) is 0 Å². The minimum Gasteiger partial charge on any atom is -0.355 e. The van der Waals surface area contributed by atoms with E-state index in [0.717, 1.165) is 12.2 Å². The van der Waals surface area contributed by atoms with Gasteiger partial charge in [0.2, 0.25) is 0 Å². The molecule has 0 aliphatic carbocycles. The smallest absolute Gasteiger partial charge is 0.273 e. The third kappa shape index (κ3) is 3.60. The monoisotopic (exact) mass is 346 g/mol. The van der Waals surface area contributed by atoms with Gasteiger partial charge in [-0.05, 0) is 29.0 Å². The zero-order chi connectivity index (χ0) is 16.9. The molecule has 124 valence electrons. The number of nitrogens with zero attached hydrogens (tertiary/aromatic N) is 5. The first-order valence-corrected chi connectivity index (χ1v) is 7.74. The molecule has 0 fully saturated rings. The van der Waals surface area contributed by atoms with Crippen LogP contribution in [-0.4, -0.2) is 37.8 Å². The number of hydrogen-bond acceptors (Lipinski definition) is 6. The van der Waals surface area contributed by atoms with Gasteiger partial charge in [-0.1, -0.05) is 28.9 Å². The van der Waals surface area contributed by atoms with Crippen molar-refractivity contribution in [2.45, 2.75) is 12.8 Å². The maximum Gasteiger partial charge on any atom is 0.273 e. The van der Waals surface area contributed by atoms with Crippen LogP contribution in [0.3, 0.4) is 0 Å². The van der Waals surface area contributed by atoms with E-state index in [1.165, 1.54) is 0 Å². The number of carbonyl (C=O) groups excluding carboxylic acids is 1. The maximum atomic E-state index is 12.1. The molecule has 24 heavy (non-hydrogen) atoms. The van der Waals surface area contributed by atoms with E-state index in [1.807, 2.05) is 12.1 Å². The van der Waals surface area contributed by atoms with Crippen molar-refractivity contribution in [2.75, 3.05) is 6.54 Å². The summed E-state index contributed by atoms with van der Waals surface area (Å²) in [7, 11) is 1.78. The lowest BCUT2D eigenvalue weighted by atomic mass is 10.1. The standard InChI is InChI=1S/C15H15ClN6O2/c1-22-14(18-20-21-22)7-4-8-17-15(23)12-9-13(24-19-12)10-5-2-3-6-11(10)16/h2-3,5-6,9H,4,7-8H2,1H3,(H,17,23). The van der Waals surface area contributed by atoms with Crippen LogP contribution in [0.15, 0.2) is 34.9 Å². The van der Waals surface area contributed by atoms with Gasteiger partial charge in [0.15, 0.2) is 17.3 Å². The molecular weight excluding hydrogens is 332 g/mol. The Bertz CT molecular complexity index is 844. The summed E-state index contributed by atoms with van der Waals surface area (Å²) in [5.74, 6) is 0.927. The number of rotatable bonds is 6. The second-order valence-corrected chi connectivity index (χ2v) is 5.54. The third-order valence-corrected chi connectivity index (χ3v) is 3.78. The van der Waals surface area contributed by atoms with E-state index in [4.69, 9.17) is 16.1 Å². The normalized spacial score (nSPS) is 10.8.